The fraction of sp³-hybridized carbons (Fsp3) is 0. The van der Waals surface area contributed by atoms with Gasteiger partial charge in [-0.15, -0.1) is 0 Å². The minimum atomic E-state index is -1.41. The zero-order valence-electron chi connectivity index (χ0n) is 10.9. The van der Waals surface area contributed by atoms with Crippen molar-refractivity contribution in [2.24, 2.45) is 0 Å². The number of hydrogen-bond donors (Lipinski definition) is 2. The summed E-state index contributed by atoms with van der Waals surface area (Å²) >= 11 is 3.00. The molecular formula is C11H5BrFN5O5. The molecule has 0 bridgehead atoms. The summed E-state index contributed by atoms with van der Waals surface area (Å²) in [4.78, 5) is 22.6. The number of anilines is 1. The molecule has 0 aliphatic rings. The van der Waals surface area contributed by atoms with Crippen LogP contribution in [0.1, 0.15) is 0 Å². The van der Waals surface area contributed by atoms with Crippen molar-refractivity contribution in [3.63, 3.8) is 0 Å². The summed E-state index contributed by atoms with van der Waals surface area (Å²) in [7, 11) is 0. The average Bonchev–Trinajstić information content (AvgIpc) is 3.08. The molecule has 0 spiro atoms. The maximum Gasteiger partial charge on any atom is 0.446 e. The molecule has 1 amide bonds. The lowest BCUT2D eigenvalue weighted by molar-refractivity contribution is 0.209. The van der Waals surface area contributed by atoms with Crippen molar-refractivity contribution in [3.8, 4) is 17.2 Å². The summed E-state index contributed by atoms with van der Waals surface area (Å²) in [5.74, 6) is -1.86. The number of rotatable bonds is 3. The van der Waals surface area contributed by atoms with Crippen molar-refractivity contribution >= 4 is 27.8 Å². The van der Waals surface area contributed by atoms with Crippen LogP contribution in [0.15, 0.2) is 36.6 Å². The van der Waals surface area contributed by atoms with Crippen molar-refractivity contribution in [2.45, 2.75) is 0 Å². The lowest BCUT2D eigenvalue weighted by Gasteiger charge is -2.04. The Morgan fingerprint density at radius 1 is 1.35 bits per heavy atom. The standard InChI is InChI=1S/C11H5BrFN5O5/c12-5-3-4(1-2-6(5)13)18-9(17-22-11(18)21)7-8(14-10(19)20)16-23-15-7/h1-3H,(H,14,16)(H,19,20). The number of amides is 1. The van der Waals surface area contributed by atoms with Crippen LogP contribution in [0.25, 0.3) is 17.2 Å². The molecule has 0 aliphatic heterocycles. The van der Waals surface area contributed by atoms with Gasteiger partial charge in [0.15, 0.2) is 5.69 Å². The number of carbonyl (C=O) groups is 1. The van der Waals surface area contributed by atoms with Crippen LogP contribution >= 0.6 is 15.9 Å². The number of nitrogens with one attached hydrogen (secondary N) is 1. The molecule has 0 radical (unpaired) electrons. The van der Waals surface area contributed by atoms with E-state index in [1.54, 1.807) is 0 Å². The van der Waals surface area contributed by atoms with E-state index in [1.807, 2.05) is 5.32 Å². The zero-order valence-corrected chi connectivity index (χ0v) is 12.4. The molecule has 0 fully saturated rings. The van der Waals surface area contributed by atoms with Crippen molar-refractivity contribution in [1.82, 2.24) is 20.0 Å². The van der Waals surface area contributed by atoms with Gasteiger partial charge in [0.05, 0.1) is 10.2 Å². The van der Waals surface area contributed by atoms with Crippen molar-refractivity contribution < 1.29 is 23.4 Å². The van der Waals surface area contributed by atoms with E-state index in [-0.39, 0.29) is 27.5 Å². The highest BCUT2D eigenvalue weighted by Crippen LogP contribution is 2.26. The SMILES string of the molecule is O=C(O)Nc1nonc1-c1noc(=O)n1-c1ccc(F)c(Br)c1. The summed E-state index contributed by atoms with van der Waals surface area (Å²) < 4.78 is 23.4. The molecule has 118 valence electrons. The highest BCUT2D eigenvalue weighted by molar-refractivity contribution is 9.10. The van der Waals surface area contributed by atoms with Gasteiger partial charge in [0.25, 0.3) is 0 Å². The molecule has 0 saturated carbocycles. The molecule has 2 N–H and O–H groups in total. The lowest BCUT2D eigenvalue weighted by Crippen LogP contribution is -2.14. The van der Waals surface area contributed by atoms with Crippen LogP contribution in [0, 0.1) is 5.82 Å². The first-order valence-electron chi connectivity index (χ1n) is 5.84. The molecule has 0 unspecified atom stereocenters. The Labute approximate surface area is 133 Å². The molecule has 2 aromatic heterocycles. The normalized spacial score (nSPS) is 10.7. The van der Waals surface area contributed by atoms with Crippen LogP contribution in [0.2, 0.25) is 0 Å². The summed E-state index contributed by atoms with van der Waals surface area (Å²) in [5.41, 5.74) is 0.0440. The average molecular weight is 386 g/mol. The minimum Gasteiger partial charge on any atom is -0.465 e. The highest BCUT2D eigenvalue weighted by Gasteiger charge is 2.24. The van der Waals surface area contributed by atoms with Gasteiger partial charge in [0, 0.05) is 0 Å². The predicted molar refractivity (Wildman–Crippen MR) is 74.7 cm³/mol. The maximum absolute atomic E-state index is 13.3. The molecule has 2 heterocycles. The van der Waals surface area contributed by atoms with E-state index in [9.17, 15) is 14.0 Å². The second kappa shape index (κ2) is 5.64. The van der Waals surface area contributed by atoms with Gasteiger partial charge >= 0.3 is 11.8 Å². The van der Waals surface area contributed by atoms with Gasteiger partial charge in [-0.1, -0.05) is 5.16 Å². The van der Waals surface area contributed by atoms with Gasteiger partial charge in [-0.25, -0.2) is 23.2 Å². The third-order valence-corrected chi connectivity index (χ3v) is 3.30. The van der Waals surface area contributed by atoms with E-state index in [0.29, 0.717) is 0 Å². The summed E-state index contributed by atoms with van der Waals surface area (Å²) in [5, 5.41) is 21.1. The third-order valence-electron chi connectivity index (χ3n) is 2.69. The van der Waals surface area contributed by atoms with Crippen LogP contribution in [-0.2, 0) is 0 Å². The van der Waals surface area contributed by atoms with Crippen LogP contribution in [0.5, 0.6) is 0 Å². The number of nitrogens with zero attached hydrogens (tertiary/aromatic N) is 4. The Morgan fingerprint density at radius 2 is 2.13 bits per heavy atom. The van der Waals surface area contributed by atoms with Crippen LogP contribution in [0.4, 0.5) is 15.0 Å². The second-order valence-corrected chi connectivity index (χ2v) is 4.95. The molecule has 23 heavy (non-hydrogen) atoms. The number of halogens is 2. The molecular weight excluding hydrogens is 381 g/mol. The van der Waals surface area contributed by atoms with E-state index < -0.39 is 17.7 Å². The Balaban J connectivity index is 2.16. The molecule has 1 aromatic carbocycles. The maximum atomic E-state index is 13.3. The molecule has 0 saturated heterocycles. The van der Waals surface area contributed by atoms with Crippen LogP contribution < -0.4 is 11.1 Å². The number of hydrogen-bond acceptors (Lipinski definition) is 7. The van der Waals surface area contributed by atoms with Crippen molar-refractivity contribution in [1.29, 1.82) is 0 Å². The van der Waals surface area contributed by atoms with E-state index in [4.69, 9.17) is 5.11 Å². The Morgan fingerprint density at radius 3 is 2.83 bits per heavy atom. The van der Waals surface area contributed by atoms with Gasteiger partial charge < -0.3 is 5.11 Å². The smallest absolute Gasteiger partial charge is 0.446 e. The quantitative estimate of drug-likeness (QED) is 0.696. The third kappa shape index (κ3) is 2.70. The van der Waals surface area contributed by atoms with Gasteiger partial charge in [-0.3, -0.25) is 9.84 Å². The topological polar surface area (TPSA) is 136 Å². The molecule has 3 rings (SSSR count). The van der Waals surface area contributed by atoms with Crippen molar-refractivity contribution in [2.75, 3.05) is 5.32 Å². The Bertz CT molecular complexity index is 948. The first-order chi connectivity index (χ1) is 11.0. The summed E-state index contributed by atoms with van der Waals surface area (Å²) in [6, 6.07) is 3.75. The molecule has 10 nitrogen and oxygen atoms in total. The van der Waals surface area contributed by atoms with E-state index in [0.717, 1.165) is 10.6 Å². The van der Waals surface area contributed by atoms with E-state index in [2.05, 4.69) is 40.6 Å². The van der Waals surface area contributed by atoms with Crippen LogP contribution in [0.3, 0.4) is 0 Å². The number of benzene rings is 1. The monoisotopic (exact) mass is 385 g/mol. The summed E-state index contributed by atoms with van der Waals surface area (Å²) in [6.45, 7) is 0. The summed E-state index contributed by atoms with van der Waals surface area (Å²) in [6.07, 6.45) is -1.41. The highest BCUT2D eigenvalue weighted by atomic mass is 79.9. The molecule has 12 heteroatoms. The van der Waals surface area contributed by atoms with E-state index in [1.165, 1.54) is 12.1 Å². The van der Waals surface area contributed by atoms with Gasteiger partial charge in [-0.05, 0) is 44.4 Å². The first kappa shape index (κ1) is 14.9. The zero-order chi connectivity index (χ0) is 16.6. The Hall–Kier alpha value is -3.02. The molecule has 3 aromatic rings. The fourth-order valence-corrected chi connectivity index (χ4v) is 2.14. The van der Waals surface area contributed by atoms with Gasteiger partial charge in [-0.2, -0.15) is 0 Å². The number of aromatic nitrogens is 4. The predicted octanol–water partition coefficient (Wildman–Crippen LogP) is 1.87. The van der Waals surface area contributed by atoms with Gasteiger partial charge in [0.2, 0.25) is 11.6 Å². The minimum absolute atomic E-state index is 0.108. The number of carboxylic acid groups (broad SMARTS) is 1. The van der Waals surface area contributed by atoms with E-state index >= 15 is 0 Å². The Kier molecular flexibility index (Phi) is 3.65. The fourth-order valence-electron chi connectivity index (χ4n) is 1.77. The van der Waals surface area contributed by atoms with Gasteiger partial charge in [0.1, 0.15) is 5.82 Å². The van der Waals surface area contributed by atoms with Crippen molar-refractivity contribution in [3.05, 3.63) is 39.0 Å². The second-order valence-electron chi connectivity index (χ2n) is 4.10. The lowest BCUT2D eigenvalue weighted by atomic mass is 10.3. The molecule has 0 aliphatic carbocycles. The first-order valence-corrected chi connectivity index (χ1v) is 6.63. The largest absolute Gasteiger partial charge is 0.465 e. The van der Waals surface area contributed by atoms with Crippen LogP contribution in [-0.4, -0.2) is 31.2 Å². The molecule has 0 atom stereocenters.